The molecule has 1 aliphatic carbocycles. The lowest BCUT2D eigenvalue weighted by Gasteiger charge is -2.23. The summed E-state index contributed by atoms with van der Waals surface area (Å²) in [6.45, 7) is 8.05. The summed E-state index contributed by atoms with van der Waals surface area (Å²) in [5, 5.41) is 32.8. The van der Waals surface area contributed by atoms with Crippen molar-refractivity contribution in [1.29, 1.82) is 0 Å². The number of hydrogen-bond donors (Lipinski definition) is 6. The monoisotopic (exact) mass is 860 g/mol. The number of rotatable bonds is 16. The third kappa shape index (κ3) is 9.46. The number of benzene rings is 1. The van der Waals surface area contributed by atoms with Gasteiger partial charge in [-0.3, -0.25) is 28.8 Å². The minimum absolute atomic E-state index is 0.0174. The molecule has 63 heavy (non-hydrogen) atoms. The Morgan fingerprint density at radius 2 is 1.17 bits per heavy atom. The molecule has 0 aliphatic heterocycles. The molecule has 7 rings (SSSR count). The molecule has 1 saturated carbocycles. The second kappa shape index (κ2) is 18.8. The van der Waals surface area contributed by atoms with Crippen molar-refractivity contribution in [2.45, 2.75) is 77.3 Å². The Bertz CT molecular complexity index is 2790. The van der Waals surface area contributed by atoms with Gasteiger partial charge in [0, 0.05) is 40.6 Å². The molecule has 0 spiro atoms. The quantitative estimate of drug-likeness (QED) is 0.0580. The van der Waals surface area contributed by atoms with Crippen molar-refractivity contribution in [3.8, 4) is 11.5 Å². The number of aromatic hydroxyl groups is 2. The molecule has 0 saturated heterocycles. The number of carbonyl (C=O) groups is 2. The van der Waals surface area contributed by atoms with Crippen LogP contribution in [0.4, 0.5) is 34.1 Å². The number of carbonyl (C=O) groups excluding carboxylic acids is 2. The van der Waals surface area contributed by atoms with Gasteiger partial charge in [0.25, 0.3) is 33.5 Å². The molecular formula is C46H52N8O9. The Hall–Kier alpha value is -7.30. The van der Waals surface area contributed by atoms with Crippen LogP contribution in [0.25, 0.3) is 0 Å². The molecule has 3 aromatic carbocycles. The second-order valence-electron chi connectivity index (χ2n) is 16.2. The smallest absolute Gasteiger partial charge is 0.275 e. The predicted molar refractivity (Wildman–Crippen MR) is 242 cm³/mol. The molecule has 6 aromatic rings. The Kier molecular flexibility index (Phi) is 13.5. The van der Waals surface area contributed by atoms with Gasteiger partial charge < -0.3 is 45.7 Å². The van der Waals surface area contributed by atoms with Crippen LogP contribution in [0.3, 0.4) is 0 Å². The van der Waals surface area contributed by atoms with Crippen LogP contribution in [-0.4, -0.2) is 70.0 Å². The van der Waals surface area contributed by atoms with Gasteiger partial charge in [-0.1, -0.05) is 52.0 Å². The molecule has 1 aliphatic rings. The Labute approximate surface area is 363 Å². The van der Waals surface area contributed by atoms with Crippen molar-refractivity contribution >= 4 is 45.9 Å². The summed E-state index contributed by atoms with van der Waals surface area (Å²) in [6.07, 6.45) is 8.11. The predicted octanol–water partition coefficient (Wildman–Crippen LogP) is 6.38. The summed E-state index contributed by atoms with van der Waals surface area (Å²) < 4.78 is 5.66. The maximum absolute atomic E-state index is 12.3. The highest BCUT2D eigenvalue weighted by atomic mass is 16.3. The van der Waals surface area contributed by atoms with Gasteiger partial charge in [-0.25, -0.2) is 9.97 Å². The van der Waals surface area contributed by atoms with Crippen molar-refractivity contribution in [3.05, 3.63) is 136 Å². The second-order valence-corrected chi connectivity index (χ2v) is 16.2. The average Bonchev–Trinajstić information content (AvgIpc) is 4.02. The van der Waals surface area contributed by atoms with Gasteiger partial charge in [-0.15, -0.1) is 0 Å². The van der Waals surface area contributed by atoms with Gasteiger partial charge in [0.15, 0.2) is 22.9 Å². The minimum Gasteiger partial charge on any atom is -0.504 e. The standard InChI is InChI=1S/C24H26N4O4.C22H26N4O5/c1-4-16(15-7-5-6-14(12-15)13-8-9-13)26-18-19(23(31)22(18)30)27-17-10-11-25-20(21(17)29)24(32)28(2)3;1-6-13(15-9-12(10-31-15)11(2)3)24-16-17(21(29)20(16)28)25-14-7-8-23-18(19(14)27)22(30)26(4)5/h5-7,10-13,16,26,29H,4,8-9H2,1-3H3,(H,25,27);7-11,13,24,27H,6H2,1-5H3,(H,23,25)/t;13-/m.1/s1. The fraction of sp³-hybridized carbons (Fsp3) is 0.348. The maximum Gasteiger partial charge on any atom is 0.275 e. The highest BCUT2D eigenvalue weighted by Gasteiger charge is 2.29. The van der Waals surface area contributed by atoms with Gasteiger partial charge in [0.2, 0.25) is 0 Å². The first-order chi connectivity index (χ1) is 30.0. The number of hydrogen-bond acceptors (Lipinski definition) is 15. The van der Waals surface area contributed by atoms with Crippen LogP contribution in [0, 0.1) is 0 Å². The molecule has 3 heterocycles. The number of pyridine rings is 2. The molecule has 1 fully saturated rings. The lowest BCUT2D eigenvalue weighted by molar-refractivity contribution is 0.0811. The summed E-state index contributed by atoms with van der Waals surface area (Å²) >= 11 is 0. The summed E-state index contributed by atoms with van der Waals surface area (Å²) in [6, 6.07) is 12.6. The third-order valence-corrected chi connectivity index (χ3v) is 10.9. The number of aromatic nitrogens is 2. The van der Waals surface area contributed by atoms with E-state index in [-0.39, 0.29) is 63.3 Å². The van der Waals surface area contributed by atoms with Crippen molar-refractivity contribution < 1.29 is 24.2 Å². The average molecular weight is 861 g/mol. The van der Waals surface area contributed by atoms with Crippen molar-refractivity contribution in [3.63, 3.8) is 0 Å². The van der Waals surface area contributed by atoms with E-state index >= 15 is 0 Å². The normalized spacial score (nSPS) is 13.2. The minimum atomic E-state index is -0.712. The number of nitrogens with zero attached hydrogens (tertiary/aromatic N) is 4. The van der Waals surface area contributed by atoms with E-state index in [0.29, 0.717) is 30.4 Å². The Morgan fingerprint density at radius 1 is 0.698 bits per heavy atom. The van der Waals surface area contributed by atoms with E-state index in [2.05, 4.69) is 57.2 Å². The first-order valence-electron chi connectivity index (χ1n) is 20.7. The van der Waals surface area contributed by atoms with Gasteiger partial charge in [-0.05, 0) is 72.4 Å². The van der Waals surface area contributed by atoms with Gasteiger partial charge >= 0.3 is 0 Å². The third-order valence-electron chi connectivity index (χ3n) is 10.9. The van der Waals surface area contributed by atoms with Crippen molar-refractivity contribution in [2.75, 3.05) is 49.5 Å². The Morgan fingerprint density at radius 3 is 1.60 bits per heavy atom. The van der Waals surface area contributed by atoms with Gasteiger partial charge in [0.1, 0.15) is 28.5 Å². The molecule has 2 atom stereocenters. The first-order valence-corrected chi connectivity index (χ1v) is 20.7. The maximum atomic E-state index is 12.3. The number of nitrogens with one attached hydrogen (secondary N) is 4. The van der Waals surface area contributed by atoms with Crippen molar-refractivity contribution in [1.82, 2.24) is 19.8 Å². The Balaban J connectivity index is 0.000000210. The van der Waals surface area contributed by atoms with Crippen LogP contribution < -0.4 is 43.0 Å². The van der Waals surface area contributed by atoms with Crippen LogP contribution in [0.5, 0.6) is 11.5 Å². The summed E-state index contributed by atoms with van der Waals surface area (Å²) in [5.41, 5.74) is 1.03. The number of amides is 2. The number of furan rings is 1. The zero-order valence-electron chi connectivity index (χ0n) is 36.5. The van der Waals surface area contributed by atoms with Crippen molar-refractivity contribution in [2.24, 2.45) is 0 Å². The SMILES string of the molecule is CCC(Nc1c(Nc2ccnc(C(=O)N(C)C)c2O)c(=O)c1=O)c1cccc(C2CC2)c1.CC[C@@H](Nc1c(Nc2ccnc(C(=O)N(C)C)c2O)c(=O)c1=O)c1cc(C(C)C)co1. The van der Waals surface area contributed by atoms with Crippen LogP contribution in [0.2, 0.25) is 0 Å². The fourth-order valence-corrected chi connectivity index (χ4v) is 6.86. The van der Waals surface area contributed by atoms with Crippen LogP contribution >= 0.6 is 0 Å². The molecule has 6 N–H and O–H groups in total. The zero-order chi connectivity index (χ0) is 45.9. The largest absolute Gasteiger partial charge is 0.504 e. The van der Waals surface area contributed by atoms with Gasteiger partial charge in [-0.2, -0.15) is 0 Å². The highest BCUT2D eigenvalue weighted by Crippen LogP contribution is 2.41. The van der Waals surface area contributed by atoms with E-state index in [1.807, 2.05) is 32.0 Å². The summed E-state index contributed by atoms with van der Waals surface area (Å²) in [4.78, 5) is 83.9. The fourth-order valence-electron chi connectivity index (χ4n) is 6.86. The van der Waals surface area contributed by atoms with Crippen LogP contribution in [0.15, 0.2) is 84.7 Å². The molecule has 17 heteroatoms. The van der Waals surface area contributed by atoms with E-state index in [0.717, 1.165) is 11.1 Å². The van der Waals surface area contributed by atoms with E-state index in [1.165, 1.54) is 66.8 Å². The van der Waals surface area contributed by atoms with E-state index in [9.17, 15) is 39.0 Å². The molecule has 1 unspecified atom stereocenters. The molecule has 330 valence electrons. The molecule has 0 bridgehead atoms. The molecular weight excluding hydrogens is 809 g/mol. The lowest BCUT2D eigenvalue weighted by atomic mass is 9.99. The summed E-state index contributed by atoms with van der Waals surface area (Å²) in [5.74, 6) is -0.174. The molecule has 2 amide bonds. The molecule has 0 radical (unpaired) electrons. The highest BCUT2D eigenvalue weighted by molar-refractivity contribution is 5.98. The van der Waals surface area contributed by atoms with E-state index in [4.69, 9.17) is 4.42 Å². The van der Waals surface area contributed by atoms with E-state index in [1.54, 1.807) is 20.4 Å². The van der Waals surface area contributed by atoms with Crippen LogP contribution in [-0.2, 0) is 0 Å². The number of anilines is 6. The topological polar surface area (TPSA) is 236 Å². The first kappa shape index (κ1) is 45.2. The summed E-state index contributed by atoms with van der Waals surface area (Å²) in [7, 11) is 6.16. The van der Waals surface area contributed by atoms with E-state index < -0.39 is 39.3 Å². The lowest BCUT2D eigenvalue weighted by Crippen LogP contribution is -2.37. The molecule has 17 nitrogen and oxygen atoms in total. The van der Waals surface area contributed by atoms with Gasteiger partial charge in [0.05, 0.1) is 29.7 Å². The zero-order valence-corrected chi connectivity index (χ0v) is 36.5. The molecule has 3 aromatic heterocycles. The van der Waals surface area contributed by atoms with Crippen LogP contribution in [0.1, 0.15) is 121 Å².